The summed E-state index contributed by atoms with van der Waals surface area (Å²) >= 11 is 6.29. The van der Waals surface area contributed by atoms with Crippen molar-refractivity contribution in [2.75, 3.05) is 55.6 Å². The second kappa shape index (κ2) is 19.1. The Hall–Kier alpha value is -4.82. The van der Waals surface area contributed by atoms with Crippen LogP contribution in [0, 0.1) is 11.8 Å². The molecule has 0 bridgehead atoms. The summed E-state index contributed by atoms with van der Waals surface area (Å²) in [4.78, 5) is 57.2. The Bertz CT molecular complexity index is 2060. The molecule has 0 radical (unpaired) electrons. The molecular weight excluding hydrogens is 842 g/mol. The third-order valence-corrected chi connectivity index (χ3v) is 12.5. The standard InChI is InChI=1S/C40H55ClF2N8O9S/c1-38(2,3)59-36(54)45-23-29(48-56)22-44-35(53)25-7-9-26(10-8-25)40(42,43)27-19-32(41)47-33(20-27)49-15-17-50(18-16-49)61(57,58)31-13-11-30(12-14-31)51-24-28(21-34(51)52)46-37(55)60-39(4,5)6/h11-14,19-20,25-26,28,56H,7-10,15-18,21-24H2,1-6H3,(H,44,53)(H,45,54)(H,46,55)/b48-29+/t25?,26?,28-/m1/s1. The van der Waals surface area contributed by atoms with Crippen molar-refractivity contribution in [2.24, 2.45) is 17.0 Å². The van der Waals surface area contributed by atoms with Crippen molar-refractivity contribution in [1.82, 2.24) is 25.2 Å². The molecule has 0 spiro atoms. The van der Waals surface area contributed by atoms with Gasteiger partial charge in [0.25, 0.3) is 5.92 Å². The monoisotopic (exact) mass is 896 g/mol. The van der Waals surface area contributed by atoms with Crippen LogP contribution in [0.15, 0.2) is 46.4 Å². The number of anilines is 2. The van der Waals surface area contributed by atoms with Crippen LogP contribution in [0.4, 0.5) is 29.9 Å². The molecule has 1 aromatic heterocycles. The molecule has 3 fully saturated rings. The normalized spacial score (nSPS) is 20.9. The summed E-state index contributed by atoms with van der Waals surface area (Å²) in [6.45, 7) is 10.6. The average molecular weight is 897 g/mol. The van der Waals surface area contributed by atoms with Gasteiger partial charge in [-0.05, 0) is 104 Å². The van der Waals surface area contributed by atoms with Crippen molar-refractivity contribution in [3.05, 3.63) is 47.1 Å². The molecule has 17 nitrogen and oxygen atoms in total. The fourth-order valence-electron chi connectivity index (χ4n) is 7.38. The molecule has 61 heavy (non-hydrogen) atoms. The molecule has 2 aromatic rings. The number of halogens is 3. The van der Waals surface area contributed by atoms with Gasteiger partial charge in [-0.2, -0.15) is 4.31 Å². The summed E-state index contributed by atoms with van der Waals surface area (Å²) in [6.07, 6.45) is -0.781. The van der Waals surface area contributed by atoms with Crippen LogP contribution in [0.3, 0.4) is 0 Å². The summed E-state index contributed by atoms with van der Waals surface area (Å²) in [6, 6.07) is 7.85. The number of pyridine rings is 1. The molecule has 3 heterocycles. The quantitative estimate of drug-likeness (QED) is 0.0936. The van der Waals surface area contributed by atoms with Crippen molar-refractivity contribution >= 4 is 62.8 Å². The predicted octanol–water partition coefficient (Wildman–Crippen LogP) is 5.25. The number of aromatic nitrogens is 1. The molecule has 1 saturated carbocycles. The van der Waals surface area contributed by atoms with E-state index in [1.165, 1.54) is 39.5 Å². The van der Waals surface area contributed by atoms with E-state index in [4.69, 9.17) is 21.1 Å². The number of hydrogen-bond acceptors (Lipinski definition) is 12. The van der Waals surface area contributed by atoms with Gasteiger partial charge in [0.2, 0.25) is 21.8 Å². The number of nitrogens with one attached hydrogen (secondary N) is 3. The first kappa shape index (κ1) is 47.2. The number of alkyl carbamates (subject to hydrolysis) is 2. The molecule has 1 atom stereocenters. The Morgan fingerprint density at radius 2 is 1.49 bits per heavy atom. The van der Waals surface area contributed by atoms with E-state index in [0.717, 1.165) is 6.07 Å². The molecule has 3 aliphatic rings. The van der Waals surface area contributed by atoms with Gasteiger partial charge in [0, 0.05) is 62.2 Å². The largest absolute Gasteiger partial charge is 0.444 e. The van der Waals surface area contributed by atoms with Crippen LogP contribution in [0.2, 0.25) is 5.15 Å². The third-order valence-electron chi connectivity index (χ3n) is 10.4. The lowest BCUT2D eigenvalue weighted by Crippen LogP contribution is -2.49. The minimum atomic E-state index is -3.95. The Labute approximate surface area is 359 Å². The van der Waals surface area contributed by atoms with Crippen molar-refractivity contribution < 1.29 is 51.1 Å². The molecule has 4 amide bonds. The minimum absolute atomic E-state index is 0.0196. The number of alkyl halides is 2. The van der Waals surface area contributed by atoms with Crippen LogP contribution < -0.4 is 25.8 Å². The maximum atomic E-state index is 16.1. The van der Waals surface area contributed by atoms with E-state index in [0.29, 0.717) is 5.69 Å². The SMILES string of the molecule is CC(C)(C)OC(=O)NC/C(CNC(=O)C1CCC(C(F)(F)c2cc(Cl)nc(N3CCN(S(=O)(=O)c4ccc(N5C[C@H](NC(=O)OC(C)(C)C)CC5=O)cc4)CC3)c2)CC1)=N/O. The molecule has 2 saturated heterocycles. The summed E-state index contributed by atoms with van der Waals surface area (Å²) < 4.78 is 71.2. The number of ether oxygens (including phenoxy) is 2. The first-order valence-corrected chi connectivity index (χ1v) is 21.9. The molecule has 1 aromatic carbocycles. The smallest absolute Gasteiger partial charge is 0.407 e. The number of carbonyl (C=O) groups is 4. The van der Waals surface area contributed by atoms with E-state index >= 15 is 8.78 Å². The van der Waals surface area contributed by atoms with Gasteiger partial charge in [0.05, 0.1) is 29.7 Å². The molecular formula is C40H55ClF2N8O9S. The number of hydrogen-bond donors (Lipinski definition) is 4. The van der Waals surface area contributed by atoms with E-state index < -0.39 is 57.2 Å². The van der Waals surface area contributed by atoms with Crippen LogP contribution in [-0.4, -0.2) is 116 Å². The molecule has 336 valence electrons. The average Bonchev–Trinajstić information content (AvgIpc) is 3.55. The fourth-order valence-corrected chi connectivity index (χ4v) is 9.01. The Morgan fingerprint density at radius 3 is 2.08 bits per heavy atom. The Morgan fingerprint density at radius 1 is 0.902 bits per heavy atom. The third kappa shape index (κ3) is 12.6. The minimum Gasteiger partial charge on any atom is -0.444 e. The summed E-state index contributed by atoms with van der Waals surface area (Å²) in [5, 5.41) is 20.1. The van der Waals surface area contributed by atoms with Crippen LogP contribution in [0.1, 0.15) is 79.2 Å². The molecule has 0 unspecified atom stereocenters. The van der Waals surface area contributed by atoms with Gasteiger partial charge in [-0.15, -0.1) is 0 Å². The molecule has 21 heteroatoms. The Balaban J connectivity index is 1.12. The van der Waals surface area contributed by atoms with Gasteiger partial charge in [0.15, 0.2) is 0 Å². The van der Waals surface area contributed by atoms with Gasteiger partial charge >= 0.3 is 12.2 Å². The lowest BCUT2D eigenvalue weighted by molar-refractivity contribution is -0.128. The predicted molar refractivity (Wildman–Crippen MR) is 223 cm³/mol. The van der Waals surface area contributed by atoms with Crippen molar-refractivity contribution in [3.8, 4) is 0 Å². The summed E-state index contributed by atoms with van der Waals surface area (Å²) in [7, 11) is -3.95. The van der Waals surface area contributed by atoms with Gasteiger partial charge in [-0.1, -0.05) is 16.8 Å². The molecule has 5 rings (SSSR count). The molecule has 1 aliphatic carbocycles. The number of carbonyl (C=O) groups excluding carboxylic acids is 4. The maximum Gasteiger partial charge on any atom is 0.407 e. The number of amides is 4. The first-order valence-electron chi connectivity index (χ1n) is 20.1. The maximum absolute atomic E-state index is 16.1. The second-order valence-electron chi connectivity index (χ2n) is 17.4. The topological polar surface area (TPSA) is 212 Å². The number of nitrogens with zero attached hydrogens (tertiary/aromatic N) is 5. The Kier molecular flexibility index (Phi) is 14.8. The zero-order chi connectivity index (χ0) is 44.9. The first-order chi connectivity index (χ1) is 28.4. The van der Waals surface area contributed by atoms with Gasteiger partial charge in [-0.3, -0.25) is 9.59 Å². The van der Waals surface area contributed by atoms with E-state index in [2.05, 4.69) is 26.1 Å². The zero-order valence-electron chi connectivity index (χ0n) is 35.2. The highest BCUT2D eigenvalue weighted by molar-refractivity contribution is 7.89. The lowest BCUT2D eigenvalue weighted by Gasteiger charge is -2.36. The van der Waals surface area contributed by atoms with Crippen LogP contribution in [0.25, 0.3) is 0 Å². The van der Waals surface area contributed by atoms with Crippen molar-refractivity contribution in [3.63, 3.8) is 0 Å². The van der Waals surface area contributed by atoms with E-state index in [9.17, 15) is 32.8 Å². The number of sulfonamides is 1. The summed E-state index contributed by atoms with van der Waals surface area (Å²) in [5.41, 5.74) is -1.20. The van der Waals surface area contributed by atoms with E-state index in [1.54, 1.807) is 46.4 Å². The zero-order valence-corrected chi connectivity index (χ0v) is 36.7. The highest BCUT2D eigenvalue weighted by atomic mass is 35.5. The van der Waals surface area contributed by atoms with E-state index in [1.807, 2.05) is 0 Å². The number of benzene rings is 1. The number of oxime groups is 1. The van der Waals surface area contributed by atoms with Gasteiger partial charge in [-0.25, -0.2) is 31.8 Å². The van der Waals surface area contributed by atoms with E-state index in [-0.39, 0.29) is 117 Å². The highest BCUT2D eigenvalue weighted by Crippen LogP contribution is 2.46. The van der Waals surface area contributed by atoms with Crippen LogP contribution in [0.5, 0.6) is 0 Å². The van der Waals surface area contributed by atoms with Crippen LogP contribution in [-0.2, 0) is 35.0 Å². The number of rotatable bonds is 12. The highest BCUT2D eigenvalue weighted by Gasteiger charge is 2.45. The van der Waals surface area contributed by atoms with Gasteiger partial charge < -0.3 is 40.4 Å². The molecule has 4 N–H and O–H groups in total. The fraction of sp³-hybridized carbons (Fsp3) is 0.600. The summed E-state index contributed by atoms with van der Waals surface area (Å²) in [5.74, 6) is -5.35. The lowest BCUT2D eigenvalue weighted by atomic mass is 9.77. The second-order valence-corrected chi connectivity index (χ2v) is 19.7. The molecule has 2 aliphatic heterocycles. The van der Waals surface area contributed by atoms with Gasteiger partial charge in [0.1, 0.15) is 22.2 Å². The van der Waals surface area contributed by atoms with Crippen molar-refractivity contribution in [1.29, 1.82) is 0 Å². The van der Waals surface area contributed by atoms with Crippen molar-refractivity contribution in [2.45, 2.75) is 102 Å². The number of piperazine rings is 1. The van der Waals surface area contributed by atoms with Crippen LogP contribution >= 0.6 is 11.6 Å².